The molecule has 1 radical (unpaired) electrons. The Kier molecular flexibility index (Phi) is 6.94. The summed E-state index contributed by atoms with van der Waals surface area (Å²) in [6.07, 6.45) is -7.99. The van der Waals surface area contributed by atoms with Crippen molar-refractivity contribution >= 4 is 12.6 Å². The average Bonchev–Trinajstić information content (AvgIpc) is 2.51. The van der Waals surface area contributed by atoms with Crippen LogP contribution >= 0.6 is 12.6 Å². The molecule has 32 heavy (non-hydrogen) atoms. The molecule has 0 aliphatic rings. The molecule has 0 spiro atoms. The van der Waals surface area contributed by atoms with E-state index in [2.05, 4.69) is 12.6 Å². The first kappa shape index (κ1) is 30.9. The minimum Gasteiger partial charge on any atom is -0.192 e. The van der Waals surface area contributed by atoms with Crippen LogP contribution in [0.5, 0.6) is 0 Å². The number of hydrogen-bond donors (Lipinski definition) is 0. The van der Waals surface area contributed by atoms with Gasteiger partial charge in [0, 0.05) is 0 Å². The molecular weight excluding hydrogens is 551 g/mol. The van der Waals surface area contributed by atoms with Gasteiger partial charge >= 0.3 is 58.8 Å². The van der Waals surface area contributed by atoms with E-state index in [1.165, 1.54) is 0 Å². The molecule has 0 nitrogen and oxygen atoms in total. The van der Waals surface area contributed by atoms with Crippen LogP contribution in [0.3, 0.4) is 0 Å². The lowest BCUT2D eigenvalue weighted by Crippen LogP contribution is -2.76. The molecule has 0 aliphatic heterocycles. The van der Waals surface area contributed by atoms with E-state index >= 15 is 0 Å². The Labute approximate surface area is 165 Å². The number of halogens is 21. The van der Waals surface area contributed by atoms with Crippen LogP contribution in [-0.2, 0) is 0 Å². The maximum atomic E-state index is 13.2. The van der Waals surface area contributed by atoms with E-state index in [1.807, 2.05) is 0 Å². The molecule has 0 aromatic rings. The van der Waals surface area contributed by atoms with Crippen LogP contribution in [-0.4, -0.2) is 58.8 Å². The average molecular weight is 551 g/mol. The standard InChI is InChI=1S/C10F21S/c11-1(12,3(15,16)5(19,20)7(23,24)9(27,28)29)2(13,14)4(17,18)6(21,22)8(25,26)10(30,31)32. The molecule has 0 bridgehead atoms. The number of hydrogen-bond acceptors (Lipinski definition) is 0. The third-order valence-corrected chi connectivity index (χ3v) is 3.74. The highest BCUT2D eigenvalue weighted by atomic mass is 32.1. The second-order valence-corrected chi connectivity index (χ2v) is 6.12. The summed E-state index contributed by atoms with van der Waals surface area (Å²) in [6.45, 7) is 0. The van der Waals surface area contributed by atoms with Gasteiger partial charge in [-0.05, 0) is 12.6 Å². The van der Waals surface area contributed by atoms with Crippen LogP contribution in [0.2, 0.25) is 0 Å². The van der Waals surface area contributed by atoms with Gasteiger partial charge in [0.05, 0.1) is 0 Å². The third kappa shape index (κ3) is 3.52. The molecule has 0 atom stereocenters. The van der Waals surface area contributed by atoms with Gasteiger partial charge in [-0.15, -0.1) is 0 Å². The number of alkyl halides is 21. The van der Waals surface area contributed by atoms with E-state index in [0.717, 1.165) is 0 Å². The molecule has 0 saturated carbocycles. The second kappa shape index (κ2) is 7.19. The van der Waals surface area contributed by atoms with Crippen LogP contribution < -0.4 is 0 Å². The number of rotatable bonds is 8. The van der Waals surface area contributed by atoms with Gasteiger partial charge in [0.2, 0.25) is 0 Å². The van der Waals surface area contributed by atoms with Gasteiger partial charge in [-0.2, -0.15) is 92.2 Å². The predicted molar refractivity (Wildman–Crippen MR) is 58.2 cm³/mol. The van der Waals surface area contributed by atoms with E-state index in [4.69, 9.17) is 0 Å². The highest BCUT2D eigenvalue weighted by molar-refractivity contribution is 7.81. The topological polar surface area (TPSA) is 0 Å². The molecule has 0 fully saturated rings. The van der Waals surface area contributed by atoms with Crippen molar-refractivity contribution in [2.75, 3.05) is 0 Å². The monoisotopic (exact) mass is 551 g/mol. The highest BCUT2D eigenvalue weighted by Crippen LogP contribution is 2.66. The molecule has 0 saturated heterocycles. The summed E-state index contributed by atoms with van der Waals surface area (Å²) in [5.74, 6) is -70.2. The minimum atomic E-state index is -9.15. The first-order valence-electron chi connectivity index (χ1n) is 6.42. The van der Waals surface area contributed by atoms with E-state index in [1.54, 1.807) is 0 Å². The molecule has 193 valence electrons. The molecular formula is C10F21S. The van der Waals surface area contributed by atoms with Gasteiger partial charge in [-0.1, -0.05) is 0 Å². The predicted octanol–water partition coefficient (Wildman–Crippen LogP) is 7.42. The van der Waals surface area contributed by atoms with Crippen LogP contribution in [0.15, 0.2) is 0 Å². The minimum absolute atomic E-state index is 2.26. The quantitative estimate of drug-likeness (QED) is 0.276. The van der Waals surface area contributed by atoms with E-state index in [0.29, 0.717) is 0 Å². The molecule has 0 aromatic heterocycles. The van der Waals surface area contributed by atoms with Crippen molar-refractivity contribution in [3.05, 3.63) is 0 Å². The summed E-state index contributed by atoms with van der Waals surface area (Å²) >= 11 is 2.26. The first-order valence-corrected chi connectivity index (χ1v) is 6.83. The van der Waals surface area contributed by atoms with Gasteiger partial charge < -0.3 is 0 Å². The summed E-state index contributed by atoms with van der Waals surface area (Å²) in [5.41, 5.74) is 0. The summed E-state index contributed by atoms with van der Waals surface area (Å²) in [6, 6.07) is 0. The van der Waals surface area contributed by atoms with Crippen molar-refractivity contribution in [2.45, 2.75) is 58.8 Å². The Morgan fingerprint density at radius 2 is 0.406 bits per heavy atom. The molecule has 0 unspecified atom stereocenters. The Morgan fingerprint density at radius 3 is 0.562 bits per heavy atom. The van der Waals surface area contributed by atoms with Gasteiger partial charge in [-0.25, -0.2) is 0 Å². The van der Waals surface area contributed by atoms with Crippen LogP contribution in [0.25, 0.3) is 0 Å². The fourth-order valence-corrected chi connectivity index (χ4v) is 1.67. The van der Waals surface area contributed by atoms with Crippen molar-refractivity contribution in [1.29, 1.82) is 0 Å². The van der Waals surface area contributed by atoms with E-state index in [-0.39, 0.29) is 0 Å². The van der Waals surface area contributed by atoms with Crippen molar-refractivity contribution in [1.82, 2.24) is 0 Å². The smallest absolute Gasteiger partial charge is 0.192 e. The molecule has 0 rings (SSSR count). The van der Waals surface area contributed by atoms with Crippen molar-refractivity contribution in [3.8, 4) is 0 Å². The lowest BCUT2D eigenvalue weighted by molar-refractivity contribution is -0.471. The molecule has 0 aliphatic carbocycles. The fraction of sp³-hybridized carbons (Fsp3) is 1.00. The fourth-order valence-electron chi connectivity index (χ4n) is 1.54. The highest BCUT2D eigenvalue weighted by Gasteiger charge is 2.97. The zero-order chi connectivity index (χ0) is 27.0. The largest absolute Gasteiger partial charge is 0.460 e. The van der Waals surface area contributed by atoms with E-state index < -0.39 is 58.8 Å². The molecule has 0 N–H and O–H groups in total. The molecule has 0 heterocycles. The lowest BCUT2D eigenvalue weighted by Gasteiger charge is -2.44. The summed E-state index contributed by atoms with van der Waals surface area (Å²) < 4.78 is 267. The zero-order valence-electron chi connectivity index (χ0n) is 13.3. The van der Waals surface area contributed by atoms with Crippen LogP contribution in [0.1, 0.15) is 0 Å². The van der Waals surface area contributed by atoms with Gasteiger partial charge in [-0.3, -0.25) is 0 Å². The van der Waals surface area contributed by atoms with Gasteiger partial charge in [0.25, 0.3) is 0 Å². The van der Waals surface area contributed by atoms with Crippen LogP contribution in [0, 0.1) is 0 Å². The lowest BCUT2D eigenvalue weighted by atomic mass is 9.87. The first-order chi connectivity index (χ1) is 13.2. The van der Waals surface area contributed by atoms with Crippen LogP contribution in [0.4, 0.5) is 92.2 Å². The van der Waals surface area contributed by atoms with Crippen molar-refractivity contribution in [2.24, 2.45) is 0 Å². The normalized spacial score (nSPS) is 17.1. The van der Waals surface area contributed by atoms with Crippen molar-refractivity contribution < 1.29 is 92.2 Å². The molecule has 22 heteroatoms. The molecule has 0 amide bonds. The summed E-state index contributed by atoms with van der Waals surface area (Å²) in [5, 5.41) is -6.94. The van der Waals surface area contributed by atoms with Gasteiger partial charge in [0.15, 0.2) is 0 Å². The Hall–Kier alpha value is -1.12. The molecule has 0 aromatic carbocycles. The Bertz CT molecular complexity index is 632. The summed E-state index contributed by atoms with van der Waals surface area (Å²) in [4.78, 5) is 0. The maximum Gasteiger partial charge on any atom is 0.460 e. The maximum absolute atomic E-state index is 13.2. The Balaban J connectivity index is 7.00. The SMILES string of the molecule is FC(F)(F)C(F)(F)C(F)(F)C(F)(F)C(F)(F)C(F)(F)C(F)(F)C(F)(F)C(F)(F)C(F)(F)[S]. The summed E-state index contributed by atoms with van der Waals surface area (Å²) in [7, 11) is 0. The zero-order valence-corrected chi connectivity index (χ0v) is 14.2. The van der Waals surface area contributed by atoms with Gasteiger partial charge in [0.1, 0.15) is 0 Å². The Morgan fingerprint density at radius 1 is 0.250 bits per heavy atom. The van der Waals surface area contributed by atoms with E-state index in [9.17, 15) is 92.2 Å². The second-order valence-electron chi connectivity index (χ2n) is 5.61. The van der Waals surface area contributed by atoms with Crippen molar-refractivity contribution in [3.63, 3.8) is 0 Å². The third-order valence-electron chi connectivity index (χ3n) is 3.48.